The van der Waals surface area contributed by atoms with E-state index < -0.39 is 0 Å². The van der Waals surface area contributed by atoms with Gasteiger partial charge in [0.1, 0.15) is 5.84 Å². The minimum Gasteiger partial charge on any atom is -0.383 e. The highest BCUT2D eigenvalue weighted by Crippen LogP contribution is 2.54. The maximum Gasteiger partial charge on any atom is 0.113 e. The Kier molecular flexibility index (Phi) is 3.03. The van der Waals surface area contributed by atoms with Crippen molar-refractivity contribution >= 4 is 5.84 Å². The number of hydrogen-bond donors (Lipinski definition) is 2. The summed E-state index contributed by atoms with van der Waals surface area (Å²) < 4.78 is 4.95. The average Bonchev–Trinajstić information content (AvgIpc) is 2.81. The van der Waals surface area contributed by atoms with Gasteiger partial charge < -0.3 is 10.2 Å². The second-order valence-corrected chi connectivity index (χ2v) is 4.33. The van der Waals surface area contributed by atoms with Crippen LogP contribution in [0.3, 0.4) is 0 Å². The summed E-state index contributed by atoms with van der Waals surface area (Å²) >= 11 is 0. The molecule has 0 aromatic carbocycles. The number of hydrogen-bond acceptors (Lipinski definition) is 3. The van der Waals surface area contributed by atoms with Gasteiger partial charge in [0.05, 0.1) is 13.2 Å². The predicted octanol–water partition coefficient (Wildman–Crippen LogP) is 0.541. The third kappa shape index (κ3) is 2.07. The summed E-state index contributed by atoms with van der Waals surface area (Å²) in [6.45, 7) is 1.38. The Hall–Kier alpha value is -0.610. The molecule has 80 valence electrons. The first-order chi connectivity index (χ1) is 6.85. The minimum atomic E-state index is 0.584. The van der Waals surface area contributed by atoms with E-state index in [0.29, 0.717) is 19.1 Å². The summed E-state index contributed by atoms with van der Waals surface area (Å²) in [7, 11) is 1.69. The molecule has 2 saturated carbocycles. The maximum absolute atomic E-state index is 5.47. The summed E-state index contributed by atoms with van der Waals surface area (Å²) in [6.07, 6.45) is 3.99. The van der Waals surface area contributed by atoms with Crippen molar-refractivity contribution in [3.05, 3.63) is 0 Å². The fraction of sp³-hybridized carbons (Fsp3) is 0.900. The van der Waals surface area contributed by atoms with E-state index >= 15 is 0 Å². The number of aliphatic imine (C=N–C) groups is 1. The fourth-order valence-electron chi connectivity index (χ4n) is 2.49. The van der Waals surface area contributed by atoms with Gasteiger partial charge in [-0.25, -0.2) is 5.84 Å². The van der Waals surface area contributed by atoms with E-state index in [0.717, 1.165) is 17.7 Å². The van der Waals surface area contributed by atoms with Gasteiger partial charge in [-0.1, -0.05) is 0 Å². The highest BCUT2D eigenvalue weighted by molar-refractivity contribution is 5.84. The number of nitrogens with two attached hydrogens (primary N) is 1. The third-order valence-electron chi connectivity index (χ3n) is 3.36. The van der Waals surface area contributed by atoms with Crippen molar-refractivity contribution in [3.8, 4) is 0 Å². The van der Waals surface area contributed by atoms with Crippen LogP contribution in [0.5, 0.6) is 0 Å². The molecule has 0 bridgehead atoms. The van der Waals surface area contributed by atoms with Crippen molar-refractivity contribution < 1.29 is 4.74 Å². The third-order valence-corrected chi connectivity index (χ3v) is 3.36. The fourth-order valence-corrected chi connectivity index (χ4v) is 2.49. The van der Waals surface area contributed by atoms with Crippen molar-refractivity contribution in [1.82, 2.24) is 5.43 Å². The van der Waals surface area contributed by atoms with Crippen molar-refractivity contribution in [2.45, 2.75) is 19.3 Å². The summed E-state index contributed by atoms with van der Waals surface area (Å²) in [4.78, 5) is 4.42. The van der Waals surface area contributed by atoms with Crippen molar-refractivity contribution in [1.29, 1.82) is 0 Å². The van der Waals surface area contributed by atoms with Crippen LogP contribution in [0.4, 0.5) is 0 Å². The van der Waals surface area contributed by atoms with Crippen LogP contribution in [0.1, 0.15) is 19.3 Å². The van der Waals surface area contributed by atoms with Crippen molar-refractivity contribution in [3.63, 3.8) is 0 Å². The Morgan fingerprint density at radius 2 is 2.14 bits per heavy atom. The highest BCUT2D eigenvalue weighted by atomic mass is 16.5. The summed E-state index contributed by atoms with van der Waals surface area (Å²) in [6, 6.07) is 0. The standard InChI is InChI=1S/C10H19N3O/c1-14-3-2-12-10(13-11)9-5-7-4-8(7)6-9/h7-9H,2-6,11H2,1H3,(H,12,13). The molecule has 2 rings (SSSR count). The Bertz CT molecular complexity index is 219. The number of amidine groups is 1. The molecular formula is C10H19N3O. The number of rotatable bonds is 4. The van der Waals surface area contributed by atoms with Gasteiger partial charge in [-0.2, -0.15) is 0 Å². The Morgan fingerprint density at radius 3 is 2.71 bits per heavy atom. The lowest BCUT2D eigenvalue weighted by atomic mass is 10.0. The summed E-state index contributed by atoms with van der Waals surface area (Å²) in [5.74, 6) is 8.98. The molecule has 0 amide bonds. The first kappa shape index (κ1) is 9.93. The SMILES string of the molecule is COCCN=C(NN)C1CC2CC2C1. The molecule has 0 radical (unpaired) electrons. The second-order valence-electron chi connectivity index (χ2n) is 4.33. The van der Waals surface area contributed by atoms with E-state index in [4.69, 9.17) is 10.6 Å². The first-order valence-electron chi connectivity index (χ1n) is 5.35. The average molecular weight is 197 g/mol. The van der Waals surface area contributed by atoms with Crippen molar-refractivity contribution in [2.24, 2.45) is 28.6 Å². The van der Waals surface area contributed by atoms with Crippen LogP contribution in [0.25, 0.3) is 0 Å². The summed E-state index contributed by atoms with van der Waals surface area (Å²) in [5, 5.41) is 0. The van der Waals surface area contributed by atoms with Crippen LogP contribution < -0.4 is 11.3 Å². The molecule has 0 spiro atoms. The van der Waals surface area contributed by atoms with Gasteiger partial charge >= 0.3 is 0 Å². The Labute approximate surface area is 84.9 Å². The number of nitrogens with zero attached hydrogens (tertiary/aromatic N) is 1. The molecule has 4 nitrogen and oxygen atoms in total. The lowest BCUT2D eigenvalue weighted by Crippen LogP contribution is -2.36. The van der Waals surface area contributed by atoms with E-state index in [1.807, 2.05) is 0 Å². The van der Waals surface area contributed by atoms with E-state index in [9.17, 15) is 0 Å². The summed E-state index contributed by atoms with van der Waals surface area (Å²) in [5.41, 5.74) is 2.74. The van der Waals surface area contributed by atoms with Crippen LogP contribution >= 0.6 is 0 Å². The van der Waals surface area contributed by atoms with Crippen LogP contribution in [-0.2, 0) is 4.74 Å². The van der Waals surface area contributed by atoms with Gasteiger partial charge in [0, 0.05) is 13.0 Å². The highest BCUT2D eigenvalue weighted by Gasteiger charge is 2.47. The normalized spacial score (nSPS) is 35.6. The van der Waals surface area contributed by atoms with E-state index in [1.54, 1.807) is 7.11 Å². The largest absolute Gasteiger partial charge is 0.383 e. The smallest absolute Gasteiger partial charge is 0.113 e. The van der Waals surface area contributed by atoms with E-state index in [1.165, 1.54) is 19.3 Å². The van der Waals surface area contributed by atoms with Crippen LogP contribution in [0, 0.1) is 17.8 Å². The molecule has 14 heavy (non-hydrogen) atoms. The molecule has 0 aromatic rings. The lowest BCUT2D eigenvalue weighted by molar-refractivity contribution is 0.207. The minimum absolute atomic E-state index is 0.584. The number of fused-ring (bicyclic) bond motifs is 1. The van der Waals surface area contributed by atoms with E-state index in [-0.39, 0.29) is 0 Å². The predicted molar refractivity (Wildman–Crippen MR) is 55.8 cm³/mol. The number of methoxy groups -OCH3 is 1. The van der Waals surface area contributed by atoms with Gasteiger partial charge in [0.2, 0.25) is 0 Å². The number of nitrogens with one attached hydrogen (secondary N) is 1. The Balaban J connectivity index is 1.82. The van der Waals surface area contributed by atoms with Crippen LogP contribution in [0.15, 0.2) is 4.99 Å². The molecule has 0 heterocycles. The lowest BCUT2D eigenvalue weighted by Gasteiger charge is -2.14. The van der Waals surface area contributed by atoms with Gasteiger partial charge in [-0.15, -0.1) is 0 Å². The molecule has 2 atom stereocenters. The molecule has 0 saturated heterocycles. The molecule has 4 heteroatoms. The zero-order valence-corrected chi connectivity index (χ0v) is 8.70. The molecule has 2 aliphatic carbocycles. The zero-order chi connectivity index (χ0) is 9.97. The van der Waals surface area contributed by atoms with Crippen molar-refractivity contribution in [2.75, 3.05) is 20.3 Å². The molecule has 0 aromatic heterocycles. The number of ether oxygens (including phenoxy) is 1. The van der Waals surface area contributed by atoms with E-state index in [2.05, 4.69) is 10.4 Å². The van der Waals surface area contributed by atoms with Crippen LogP contribution in [-0.4, -0.2) is 26.1 Å². The Morgan fingerprint density at radius 1 is 1.43 bits per heavy atom. The molecule has 3 N–H and O–H groups in total. The topological polar surface area (TPSA) is 59.6 Å². The first-order valence-corrected chi connectivity index (χ1v) is 5.35. The molecular weight excluding hydrogens is 178 g/mol. The molecule has 2 unspecified atom stereocenters. The number of hydrazine groups is 1. The quantitative estimate of drug-likeness (QED) is 0.227. The zero-order valence-electron chi connectivity index (χ0n) is 8.70. The van der Waals surface area contributed by atoms with Crippen LogP contribution in [0.2, 0.25) is 0 Å². The molecule has 2 aliphatic rings. The van der Waals surface area contributed by atoms with Gasteiger partial charge in [0.15, 0.2) is 0 Å². The second kappa shape index (κ2) is 4.28. The van der Waals surface area contributed by atoms with Gasteiger partial charge in [-0.05, 0) is 31.1 Å². The monoisotopic (exact) mass is 197 g/mol. The molecule has 0 aliphatic heterocycles. The molecule has 2 fully saturated rings. The van der Waals surface area contributed by atoms with Gasteiger partial charge in [-0.3, -0.25) is 4.99 Å². The van der Waals surface area contributed by atoms with Gasteiger partial charge in [0.25, 0.3) is 0 Å². The maximum atomic E-state index is 5.47.